The lowest BCUT2D eigenvalue weighted by Crippen LogP contribution is -2.40. The van der Waals surface area contributed by atoms with Gasteiger partial charge in [-0.2, -0.15) is 0 Å². The van der Waals surface area contributed by atoms with E-state index in [9.17, 15) is 8.42 Å². The van der Waals surface area contributed by atoms with E-state index in [1.54, 1.807) is 6.92 Å². The first-order valence-electron chi connectivity index (χ1n) is 7.66. The predicted octanol–water partition coefficient (Wildman–Crippen LogP) is 3.40. The fourth-order valence-electron chi connectivity index (χ4n) is 2.15. The molecule has 0 spiro atoms. The fourth-order valence-corrected chi connectivity index (χ4v) is 3.08. The number of hydrogen-bond donors (Lipinski definition) is 1. The zero-order chi connectivity index (χ0) is 14.9. The molecular weight excluding hydrogens is 258 g/mol. The van der Waals surface area contributed by atoms with Crippen LogP contribution in [-0.4, -0.2) is 32.5 Å². The van der Waals surface area contributed by atoms with E-state index in [4.69, 9.17) is 0 Å². The third-order valence-corrected chi connectivity index (χ3v) is 5.36. The van der Waals surface area contributed by atoms with Crippen LogP contribution < -0.4 is 5.32 Å². The van der Waals surface area contributed by atoms with E-state index in [-0.39, 0.29) is 11.2 Å². The first-order chi connectivity index (χ1) is 8.73. The Labute approximate surface area is 120 Å². The van der Waals surface area contributed by atoms with Gasteiger partial charge < -0.3 is 5.32 Å². The van der Waals surface area contributed by atoms with Gasteiger partial charge in [0.2, 0.25) is 0 Å². The van der Waals surface area contributed by atoms with Crippen LogP contribution >= 0.6 is 0 Å². The molecule has 0 aromatic carbocycles. The molecule has 0 rings (SSSR count). The number of hydrogen-bond acceptors (Lipinski definition) is 3. The van der Waals surface area contributed by atoms with Crippen LogP contribution in [0.2, 0.25) is 0 Å². The van der Waals surface area contributed by atoms with Gasteiger partial charge in [-0.15, -0.1) is 0 Å². The zero-order valence-corrected chi connectivity index (χ0v) is 14.3. The molecule has 0 amide bonds. The first-order valence-corrected chi connectivity index (χ1v) is 9.49. The van der Waals surface area contributed by atoms with Crippen LogP contribution in [-0.2, 0) is 9.84 Å². The highest BCUT2D eigenvalue weighted by atomic mass is 32.2. The zero-order valence-electron chi connectivity index (χ0n) is 13.5. The summed E-state index contributed by atoms with van der Waals surface area (Å²) in [6.07, 6.45) is 5.22. The summed E-state index contributed by atoms with van der Waals surface area (Å²) in [5, 5.41) is 3.61. The highest BCUT2D eigenvalue weighted by Gasteiger charge is 2.23. The smallest absolute Gasteiger partial charge is 0.150 e. The predicted molar refractivity (Wildman–Crippen MR) is 84.3 cm³/mol. The van der Waals surface area contributed by atoms with Crippen molar-refractivity contribution in [2.24, 2.45) is 5.41 Å². The van der Waals surface area contributed by atoms with Crippen molar-refractivity contribution < 1.29 is 8.42 Å². The molecule has 0 radical (unpaired) electrons. The molecule has 0 bridgehead atoms. The quantitative estimate of drug-likeness (QED) is 0.628. The summed E-state index contributed by atoms with van der Waals surface area (Å²) in [5.41, 5.74) is 0.269. The first kappa shape index (κ1) is 18.9. The van der Waals surface area contributed by atoms with Crippen LogP contribution in [0.15, 0.2) is 0 Å². The van der Waals surface area contributed by atoms with Crippen molar-refractivity contribution in [1.82, 2.24) is 5.32 Å². The second kappa shape index (κ2) is 8.96. The van der Waals surface area contributed by atoms with Gasteiger partial charge in [0, 0.05) is 11.8 Å². The van der Waals surface area contributed by atoms with Crippen molar-refractivity contribution in [3.05, 3.63) is 0 Å². The second-order valence-corrected chi connectivity index (χ2v) is 8.93. The summed E-state index contributed by atoms with van der Waals surface area (Å²) in [4.78, 5) is 0. The molecule has 0 saturated carbocycles. The molecule has 1 unspecified atom stereocenters. The molecule has 0 aromatic heterocycles. The Kier molecular flexibility index (Phi) is 8.92. The number of rotatable bonds is 10. The highest BCUT2D eigenvalue weighted by molar-refractivity contribution is 7.91. The van der Waals surface area contributed by atoms with Crippen LogP contribution in [0.1, 0.15) is 66.7 Å². The van der Waals surface area contributed by atoms with Crippen molar-refractivity contribution in [3.63, 3.8) is 0 Å². The van der Waals surface area contributed by atoms with E-state index in [0.29, 0.717) is 11.8 Å². The summed E-state index contributed by atoms with van der Waals surface area (Å²) < 4.78 is 22.8. The molecule has 0 aromatic rings. The van der Waals surface area contributed by atoms with E-state index in [1.165, 1.54) is 0 Å². The van der Waals surface area contributed by atoms with E-state index in [0.717, 1.165) is 38.6 Å². The summed E-state index contributed by atoms with van der Waals surface area (Å²) in [5.74, 6) is 0.627. The molecule has 0 aliphatic carbocycles. The minimum absolute atomic E-state index is 0.269. The van der Waals surface area contributed by atoms with Gasteiger partial charge in [-0.05, 0) is 31.2 Å². The summed E-state index contributed by atoms with van der Waals surface area (Å²) in [6, 6.07) is 0.523. The maximum atomic E-state index is 11.4. The Morgan fingerprint density at radius 1 is 1.05 bits per heavy atom. The summed E-state index contributed by atoms with van der Waals surface area (Å²) in [7, 11) is -2.78. The lowest BCUT2D eigenvalue weighted by molar-refractivity contribution is 0.250. The maximum Gasteiger partial charge on any atom is 0.150 e. The van der Waals surface area contributed by atoms with Crippen molar-refractivity contribution in [2.75, 3.05) is 18.1 Å². The molecule has 116 valence electrons. The van der Waals surface area contributed by atoms with Crippen LogP contribution in [0.3, 0.4) is 0 Å². The van der Waals surface area contributed by atoms with Gasteiger partial charge in [-0.1, -0.05) is 47.5 Å². The van der Waals surface area contributed by atoms with Gasteiger partial charge in [-0.3, -0.25) is 0 Å². The summed E-state index contributed by atoms with van der Waals surface area (Å²) in [6.45, 7) is 11.8. The Hall–Kier alpha value is -0.0900. The van der Waals surface area contributed by atoms with Gasteiger partial charge >= 0.3 is 0 Å². The average molecular weight is 292 g/mol. The molecule has 1 atom stereocenters. The normalized spacial score (nSPS) is 14.6. The Balaban J connectivity index is 3.94. The van der Waals surface area contributed by atoms with E-state index in [2.05, 4.69) is 33.0 Å². The third kappa shape index (κ3) is 9.44. The Morgan fingerprint density at radius 3 is 2.16 bits per heavy atom. The highest BCUT2D eigenvalue weighted by Crippen LogP contribution is 2.23. The van der Waals surface area contributed by atoms with E-state index in [1.807, 2.05) is 0 Å². The monoisotopic (exact) mass is 291 g/mol. The van der Waals surface area contributed by atoms with Crippen molar-refractivity contribution in [2.45, 2.75) is 72.8 Å². The minimum Gasteiger partial charge on any atom is -0.313 e. The van der Waals surface area contributed by atoms with Crippen LogP contribution in [0.25, 0.3) is 0 Å². The number of nitrogens with one attached hydrogen (secondary N) is 1. The Bertz CT molecular complexity index is 318. The van der Waals surface area contributed by atoms with Crippen molar-refractivity contribution in [1.29, 1.82) is 0 Å². The van der Waals surface area contributed by atoms with Crippen LogP contribution in [0, 0.1) is 5.41 Å². The molecule has 0 saturated heterocycles. The number of unbranched alkanes of at least 4 members (excludes halogenated alkanes) is 2. The molecule has 1 N–H and O–H groups in total. The average Bonchev–Trinajstić information content (AvgIpc) is 2.31. The molecule has 4 heteroatoms. The lowest BCUT2D eigenvalue weighted by Gasteiger charge is -2.32. The summed E-state index contributed by atoms with van der Waals surface area (Å²) >= 11 is 0. The standard InChI is InChI=1S/C15H33NO2S/c1-6-12-16-14(15(3,4)5)11-9-8-10-13-19(17,18)7-2/h14,16H,6-13H2,1-5H3. The third-order valence-electron chi connectivity index (χ3n) is 3.57. The lowest BCUT2D eigenvalue weighted by atomic mass is 9.83. The van der Waals surface area contributed by atoms with Gasteiger partial charge in [0.05, 0.1) is 5.75 Å². The fraction of sp³-hybridized carbons (Fsp3) is 1.00. The maximum absolute atomic E-state index is 11.4. The molecule has 0 heterocycles. The largest absolute Gasteiger partial charge is 0.313 e. The number of sulfone groups is 1. The Morgan fingerprint density at radius 2 is 1.68 bits per heavy atom. The van der Waals surface area contributed by atoms with Crippen LogP contribution in [0.5, 0.6) is 0 Å². The van der Waals surface area contributed by atoms with Gasteiger partial charge in [0.25, 0.3) is 0 Å². The van der Waals surface area contributed by atoms with Crippen molar-refractivity contribution in [3.8, 4) is 0 Å². The SMILES string of the molecule is CCCNC(CCCCCS(=O)(=O)CC)C(C)(C)C. The molecule has 19 heavy (non-hydrogen) atoms. The molecule has 0 aliphatic rings. The van der Waals surface area contributed by atoms with Gasteiger partial charge in [0.15, 0.2) is 0 Å². The topological polar surface area (TPSA) is 46.2 Å². The molecule has 3 nitrogen and oxygen atoms in total. The molecular formula is C15H33NO2S. The molecule has 0 aliphatic heterocycles. The van der Waals surface area contributed by atoms with Gasteiger partial charge in [0.1, 0.15) is 9.84 Å². The van der Waals surface area contributed by atoms with Gasteiger partial charge in [-0.25, -0.2) is 8.42 Å². The minimum atomic E-state index is -2.78. The second-order valence-electron chi connectivity index (χ2n) is 6.46. The van der Waals surface area contributed by atoms with E-state index >= 15 is 0 Å². The molecule has 0 fully saturated rings. The van der Waals surface area contributed by atoms with E-state index < -0.39 is 9.84 Å². The van der Waals surface area contributed by atoms with Crippen LogP contribution in [0.4, 0.5) is 0 Å². The van der Waals surface area contributed by atoms with Crippen molar-refractivity contribution >= 4 is 9.84 Å².